The first kappa shape index (κ1) is 17.0. The van der Waals surface area contributed by atoms with E-state index in [1.807, 2.05) is 12.1 Å². The van der Waals surface area contributed by atoms with E-state index < -0.39 is 6.10 Å². The van der Waals surface area contributed by atoms with Gasteiger partial charge in [-0.3, -0.25) is 0 Å². The smallest absolute Gasteiger partial charge is 0.340 e. The molecule has 6 nitrogen and oxygen atoms in total. The molecule has 0 fully saturated rings. The second-order valence-electron chi connectivity index (χ2n) is 7.19. The Morgan fingerprint density at radius 2 is 2.25 bits per heavy atom. The standard InChI is InChI=1S/C22H20N2O4/c1-4-13-14-7-12(25)5-6-18(14)23-20-16(13)9-24-11(2)17-10-28-22(26)21(27-3)15(17)8-19(20)24/h5-8,21,25H,2,4,9-10H2,1,3H3. The van der Waals surface area contributed by atoms with E-state index in [4.69, 9.17) is 14.5 Å². The number of aryl methyl sites for hydroxylation is 1. The Labute approximate surface area is 162 Å². The Balaban J connectivity index is 1.74. The van der Waals surface area contributed by atoms with Gasteiger partial charge in [0.15, 0.2) is 6.10 Å². The fourth-order valence-corrected chi connectivity index (χ4v) is 4.43. The first-order valence-corrected chi connectivity index (χ1v) is 9.29. The van der Waals surface area contributed by atoms with Gasteiger partial charge in [0.25, 0.3) is 0 Å². The maximum Gasteiger partial charge on any atom is 0.340 e. The van der Waals surface area contributed by atoms with Crippen LogP contribution in [-0.4, -0.2) is 40.8 Å². The first-order chi connectivity index (χ1) is 13.5. The van der Waals surface area contributed by atoms with Crippen molar-refractivity contribution in [2.75, 3.05) is 13.7 Å². The number of carbonyl (C=O) groups is 1. The Morgan fingerprint density at radius 3 is 3.00 bits per heavy atom. The molecule has 28 heavy (non-hydrogen) atoms. The van der Waals surface area contributed by atoms with E-state index in [0.29, 0.717) is 6.54 Å². The highest BCUT2D eigenvalue weighted by Gasteiger charge is 2.40. The van der Waals surface area contributed by atoms with E-state index in [0.717, 1.165) is 51.1 Å². The number of nitrogens with zero attached hydrogens (tertiary/aromatic N) is 2. The summed E-state index contributed by atoms with van der Waals surface area (Å²) >= 11 is 0. The van der Waals surface area contributed by atoms with Crippen molar-refractivity contribution in [2.45, 2.75) is 26.0 Å². The summed E-state index contributed by atoms with van der Waals surface area (Å²) in [5.74, 6) is -0.146. The number of cyclic esters (lactones) is 1. The van der Waals surface area contributed by atoms with Crippen molar-refractivity contribution >= 4 is 22.6 Å². The topological polar surface area (TPSA) is 71.9 Å². The molecule has 5 rings (SSSR count). The summed E-state index contributed by atoms with van der Waals surface area (Å²) in [6.07, 6.45) is 2.07. The number of benzene rings is 1. The zero-order chi connectivity index (χ0) is 19.6. The van der Waals surface area contributed by atoms with Crippen LogP contribution in [0.5, 0.6) is 5.75 Å². The van der Waals surface area contributed by atoms with Crippen LogP contribution in [-0.2, 0) is 27.2 Å². The molecule has 1 aromatic carbocycles. The lowest BCUT2D eigenvalue weighted by Gasteiger charge is -2.34. The average Bonchev–Trinajstić information content (AvgIpc) is 3.05. The van der Waals surface area contributed by atoms with Crippen LogP contribution in [0, 0.1) is 0 Å². The molecular formula is C22H20N2O4. The summed E-state index contributed by atoms with van der Waals surface area (Å²) in [5, 5.41) is 10.9. The number of pyridine rings is 1. The molecule has 0 amide bonds. The van der Waals surface area contributed by atoms with Crippen LogP contribution in [0.1, 0.15) is 23.7 Å². The van der Waals surface area contributed by atoms with Crippen molar-refractivity contribution in [3.63, 3.8) is 0 Å². The van der Waals surface area contributed by atoms with Gasteiger partial charge in [0.05, 0.1) is 23.5 Å². The van der Waals surface area contributed by atoms with Crippen molar-refractivity contribution in [3.8, 4) is 5.75 Å². The van der Waals surface area contributed by atoms with Crippen LogP contribution in [0.3, 0.4) is 0 Å². The number of carbonyl (C=O) groups excluding carboxylic acids is 1. The molecule has 3 aliphatic rings. The Bertz CT molecular complexity index is 1130. The molecule has 0 radical (unpaired) electrons. The zero-order valence-electron chi connectivity index (χ0n) is 15.8. The lowest BCUT2D eigenvalue weighted by molar-refractivity contribution is -0.153. The third kappa shape index (κ3) is 2.18. The van der Waals surface area contributed by atoms with Gasteiger partial charge in [-0.25, -0.2) is 9.78 Å². The highest BCUT2D eigenvalue weighted by molar-refractivity contribution is 5.91. The molecule has 4 heterocycles. The molecule has 1 N–H and O–H groups in total. The average molecular weight is 376 g/mol. The molecule has 0 aliphatic carbocycles. The van der Waals surface area contributed by atoms with E-state index in [9.17, 15) is 9.90 Å². The second-order valence-corrected chi connectivity index (χ2v) is 7.19. The van der Waals surface area contributed by atoms with Crippen LogP contribution in [0.25, 0.3) is 16.6 Å². The highest BCUT2D eigenvalue weighted by atomic mass is 16.6. The summed E-state index contributed by atoms with van der Waals surface area (Å²) in [6, 6.07) is 5.27. The Kier molecular flexibility index (Phi) is 3.61. The predicted octanol–water partition coefficient (Wildman–Crippen LogP) is 3.06. The first-order valence-electron chi connectivity index (χ1n) is 9.29. The van der Waals surface area contributed by atoms with Crippen LogP contribution >= 0.6 is 0 Å². The quantitative estimate of drug-likeness (QED) is 0.813. The number of methoxy groups -OCH3 is 1. The van der Waals surface area contributed by atoms with Gasteiger partial charge in [0, 0.05) is 34.9 Å². The van der Waals surface area contributed by atoms with Crippen molar-refractivity contribution in [1.29, 1.82) is 0 Å². The Morgan fingerprint density at radius 1 is 1.43 bits per heavy atom. The summed E-state index contributed by atoms with van der Waals surface area (Å²) < 4.78 is 10.7. The summed E-state index contributed by atoms with van der Waals surface area (Å²) in [5.41, 5.74) is 7.48. The molecular weight excluding hydrogens is 356 g/mol. The molecule has 3 aliphatic heterocycles. The molecule has 1 unspecified atom stereocenters. The molecule has 0 spiro atoms. The minimum absolute atomic E-state index is 0.202. The molecule has 0 saturated heterocycles. The number of fused-ring (bicyclic) bond motifs is 4. The number of hydrogen-bond donors (Lipinski definition) is 1. The van der Waals surface area contributed by atoms with Crippen LogP contribution in [0.15, 0.2) is 47.7 Å². The molecule has 142 valence electrons. The minimum Gasteiger partial charge on any atom is -0.508 e. The van der Waals surface area contributed by atoms with Gasteiger partial charge in [-0.05, 0) is 36.3 Å². The van der Waals surface area contributed by atoms with E-state index in [-0.39, 0.29) is 18.3 Å². The minimum atomic E-state index is -0.748. The largest absolute Gasteiger partial charge is 0.508 e. The van der Waals surface area contributed by atoms with Gasteiger partial charge in [0.1, 0.15) is 12.4 Å². The molecule has 2 aromatic rings. The fourth-order valence-electron chi connectivity index (χ4n) is 4.43. The fraction of sp³-hybridized carbons (Fsp3) is 0.273. The number of rotatable bonds is 2. The van der Waals surface area contributed by atoms with Crippen LogP contribution in [0.4, 0.5) is 0 Å². The van der Waals surface area contributed by atoms with E-state index >= 15 is 0 Å². The number of phenols is 1. The van der Waals surface area contributed by atoms with Crippen molar-refractivity contribution in [2.24, 2.45) is 0 Å². The van der Waals surface area contributed by atoms with Gasteiger partial charge in [-0.15, -0.1) is 0 Å². The van der Waals surface area contributed by atoms with E-state index in [2.05, 4.69) is 18.4 Å². The molecule has 0 saturated carbocycles. The number of aromatic hydroxyl groups is 1. The number of esters is 1. The molecule has 1 aromatic heterocycles. The van der Waals surface area contributed by atoms with Gasteiger partial charge in [0.2, 0.25) is 0 Å². The van der Waals surface area contributed by atoms with Gasteiger partial charge in [-0.2, -0.15) is 0 Å². The van der Waals surface area contributed by atoms with E-state index in [1.165, 1.54) is 12.7 Å². The van der Waals surface area contributed by atoms with Crippen molar-refractivity contribution in [3.05, 3.63) is 64.5 Å². The molecule has 1 atom stereocenters. The normalized spacial score (nSPS) is 20.7. The predicted molar refractivity (Wildman–Crippen MR) is 104 cm³/mol. The lowest BCUT2D eigenvalue weighted by Crippen LogP contribution is -2.37. The lowest BCUT2D eigenvalue weighted by atomic mass is 9.93. The maximum absolute atomic E-state index is 12.1. The second kappa shape index (κ2) is 5.94. The monoisotopic (exact) mass is 376 g/mol. The third-order valence-corrected chi connectivity index (χ3v) is 5.80. The third-order valence-electron chi connectivity index (χ3n) is 5.80. The SMILES string of the molecule is C=C1C2=C(C=C3c4nc5ccc(O)cc5c(CC)c4CN13)C(OC)C(=O)OC2. The zero-order valence-corrected chi connectivity index (χ0v) is 15.8. The van der Waals surface area contributed by atoms with Crippen LogP contribution in [0.2, 0.25) is 0 Å². The highest BCUT2D eigenvalue weighted by Crippen LogP contribution is 2.45. The van der Waals surface area contributed by atoms with Gasteiger partial charge >= 0.3 is 5.97 Å². The number of hydrogen-bond acceptors (Lipinski definition) is 6. The molecule has 6 heteroatoms. The van der Waals surface area contributed by atoms with Crippen molar-refractivity contribution < 1.29 is 19.4 Å². The maximum atomic E-state index is 12.1. The summed E-state index contributed by atoms with van der Waals surface area (Å²) in [6.45, 7) is 7.24. The summed E-state index contributed by atoms with van der Waals surface area (Å²) in [7, 11) is 1.51. The van der Waals surface area contributed by atoms with Gasteiger partial charge < -0.3 is 19.5 Å². The van der Waals surface area contributed by atoms with Gasteiger partial charge in [-0.1, -0.05) is 13.5 Å². The van der Waals surface area contributed by atoms with Crippen LogP contribution < -0.4 is 0 Å². The Hall–Kier alpha value is -3.12. The van der Waals surface area contributed by atoms with E-state index in [1.54, 1.807) is 12.1 Å². The number of aromatic nitrogens is 1. The number of ether oxygens (including phenoxy) is 2. The number of phenolic OH excluding ortho intramolecular Hbond substituents is 1. The molecule has 0 bridgehead atoms. The summed E-state index contributed by atoms with van der Waals surface area (Å²) in [4.78, 5) is 19.2. The van der Waals surface area contributed by atoms with Crippen molar-refractivity contribution in [1.82, 2.24) is 9.88 Å².